The fourth-order valence-corrected chi connectivity index (χ4v) is 4.04. The van der Waals surface area contributed by atoms with Crippen LogP contribution >= 0.6 is 0 Å². The first-order valence-electron chi connectivity index (χ1n) is 12.3. The molecule has 1 fully saturated rings. The van der Waals surface area contributed by atoms with Gasteiger partial charge in [-0.2, -0.15) is 0 Å². The molecule has 4 rings (SSSR count). The molecule has 0 aliphatic carbocycles. The van der Waals surface area contributed by atoms with Gasteiger partial charge in [-0.1, -0.05) is 12.1 Å². The molecule has 0 spiro atoms. The van der Waals surface area contributed by atoms with Crippen molar-refractivity contribution in [3.63, 3.8) is 0 Å². The summed E-state index contributed by atoms with van der Waals surface area (Å²) in [5.41, 5.74) is 0.0906. The Morgan fingerprint density at radius 1 is 0.927 bits per heavy atom. The van der Waals surface area contributed by atoms with Crippen LogP contribution in [0, 0.1) is 5.82 Å². The van der Waals surface area contributed by atoms with E-state index in [2.05, 4.69) is 20.1 Å². The normalized spacial score (nSPS) is 14.2. The van der Waals surface area contributed by atoms with Crippen molar-refractivity contribution >= 4 is 23.8 Å². The Bertz CT molecular complexity index is 1420. The molecule has 13 heteroatoms. The van der Waals surface area contributed by atoms with Gasteiger partial charge in [0.2, 0.25) is 0 Å². The molecule has 1 aliphatic heterocycles. The number of amides is 2. The number of benzene rings is 2. The molecule has 1 unspecified atom stereocenters. The van der Waals surface area contributed by atoms with Gasteiger partial charge in [0.1, 0.15) is 11.3 Å². The monoisotopic (exact) mass is 567 g/mol. The Labute approximate surface area is 233 Å². The zero-order chi connectivity index (χ0) is 29.4. The smallest absolute Gasteiger partial charge is 0.453 e. The third-order valence-electron chi connectivity index (χ3n) is 6.14. The maximum absolute atomic E-state index is 15.0. The highest BCUT2D eigenvalue weighted by Gasteiger charge is 2.30. The minimum Gasteiger partial charge on any atom is -0.494 e. The summed E-state index contributed by atoms with van der Waals surface area (Å²) >= 11 is 0. The van der Waals surface area contributed by atoms with E-state index in [4.69, 9.17) is 14.2 Å². The van der Waals surface area contributed by atoms with Crippen molar-refractivity contribution in [2.24, 2.45) is 0 Å². The predicted molar refractivity (Wildman–Crippen MR) is 139 cm³/mol. The lowest BCUT2D eigenvalue weighted by Crippen LogP contribution is -2.38. The minimum absolute atomic E-state index is 0.0276. The number of nitrogens with one attached hydrogen (secondary N) is 1. The number of nitrogens with zero attached hydrogens (tertiary/aromatic N) is 2. The van der Waals surface area contributed by atoms with E-state index in [1.807, 2.05) is 0 Å². The molecule has 0 bridgehead atoms. The molecule has 0 radical (unpaired) electrons. The van der Waals surface area contributed by atoms with E-state index in [0.29, 0.717) is 12.0 Å². The van der Waals surface area contributed by atoms with E-state index >= 15 is 0 Å². The second-order valence-electron chi connectivity index (χ2n) is 8.77. The van der Waals surface area contributed by atoms with Crippen LogP contribution in [0.2, 0.25) is 0 Å². The van der Waals surface area contributed by atoms with Crippen molar-refractivity contribution in [1.82, 2.24) is 15.2 Å². The molecule has 1 aliphatic rings. The summed E-state index contributed by atoms with van der Waals surface area (Å²) in [5.74, 6) is -3.13. The Morgan fingerprint density at radius 2 is 1.61 bits per heavy atom. The van der Waals surface area contributed by atoms with Crippen LogP contribution in [0.5, 0.6) is 11.5 Å². The molecular formula is C28H26FN3O9. The molecule has 1 aromatic heterocycles. The fraction of sp³-hybridized carbons (Fsp3) is 0.250. The molecular weight excluding hydrogens is 541 g/mol. The van der Waals surface area contributed by atoms with Gasteiger partial charge in [-0.25, -0.2) is 23.8 Å². The maximum atomic E-state index is 15.0. The van der Waals surface area contributed by atoms with Crippen LogP contribution < -0.4 is 14.8 Å². The van der Waals surface area contributed by atoms with Gasteiger partial charge in [-0.05, 0) is 42.8 Å². The number of hydrogen-bond acceptors (Lipinski definition) is 10. The summed E-state index contributed by atoms with van der Waals surface area (Å²) in [7, 11) is 2.64. The van der Waals surface area contributed by atoms with Crippen LogP contribution in [0.15, 0.2) is 60.9 Å². The Hall–Kier alpha value is -5.04. The van der Waals surface area contributed by atoms with Crippen molar-refractivity contribution in [2.75, 3.05) is 34.1 Å². The number of aromatic nitrogens is 1. The predicted octanol–water partition coefficient (Wildman–Crippen LogP) is 3.16. The van der Waals surface area contributed by atoms with Gasteiger partial charge in [0.25, 0.3) is 5.91 Å². The molecule has 2 aromatic carbocycles. The van der Waals surface area contributed by atoms with E-state index in [1.54, 1.807) is 12.1 Å². The average molecular weight is 568 g/mol. The number of carbonyl (C=O) groups is 4. The summed E-state index contributed by atoms with van der Waals surface area (Å²) in [6.07, 6.45) is 2.59. The van der Waals surface area contributed by atoms with Crippen LogP contribution in [0.4, 0.5) is 9.18 Å². The molecule has 1 saturated heterocycles. The first-order chi connectivity index (χ1) is 19.8. The third-order valence-corrected chi connectivity index (χ3v) is 6.14. The number of rotatable bonds is 9. The molecule has 2 heterocycles. The lowest BCUT2D eigenvalue weighted by molar-refractivity contribution is -0.191. The second kappa shape index (κ2) is 13.3. The molecule has 2 amide bonds. The first-order valence-corrected chi connectivity index (χ1v) is 12.3. The SMILES string of the molecule is COCOc1ccc(OC)c(F)c1C(=O)c1ccc(C(=O)OOC(=O)N2CCC(NC(=O)c3ccncc3)C2)cc1. The number of halogens is 1. The average Bonchev–Trinajstić information content (AvgIpc) is 3.47. The molecule has 214 valence electrons. The van der Waals surface area contributed by atoms with E-state index in [9.17, 15) is 23.6 Å². The molecule has 0 saturated carbocycles. The summed E-state index contributed by atoms with van der Waals surface area (Å²) in [5, 5.41) is 2.82. The number of pyridine rings is 1. The molecule has 1 N–H and O–H groups in total. The molecule has 3 aromatic rings. The number of ketones is 1. The summed E-state index contributed by atoms with van der Waals surface area (Å²) < 4.78 is 30.1. The zero-order valence-corrected chi connectivity index (χ0v) is 22.1. The topological polar surface area (TPSA) is 143 Å². The Kier molecular flexibility index (Phi) is 9.43. The summed E-state index contributed by atoms with van der Waals surface area (Å²) in [6, 6.07) is 10.6. The third kappa shape index (κ3) is 6.94. The molecule has 1 atom stereocenters. The van der Waals surface area contributed by atoms with E-state index < -0.39 is 23.7 Å². The van der Waals surface area contributed by atoms with Crippen molar-refractivity contribution in [1.29, 1.82) is 0 Å². The molecule has 12 nitrogen and oxygen atoms in total. The minimum atomic E-state index is -0.990. The number of hydrogen-bond donors (Lipinski definition) is 1. The number of carbonyl (C=O) groups excluding carboxylic acids is 4. The lowest BCUT2D eigenvalue weighted by atomic mass is 10.00. The van der Waals surface area contributed by atoms with E-state index in [1.165, 1.54) is 67.9 Å². The number of methoxy groups -OCH3 is 2. The van der Waals surface area contributed by atoms with Gasteiger partial charge < -0.3 is 24.4 Å². The van der Waals surface area contributed by atoms with Crippen molar-refractivity contribution in [2.45, 2.75) is 12.5 Å². The van der Waals surface area contributed by atoms with E-state index in [-0.39, 0.29) is 60.0 Å². The van der Waals surface area contributed by atoms with Gasteiger partial charge in [0.15, 0.2) is 24.1 Å². The summed E-state index contributed by atoms with van der Waals surface area (Å²) in [4.78, 5) is 64.7. The first kappa shape index (κ1) is 29.0. The van der Waals surface area contributed by atoms with Gasteiger partial charge in [-0.3, -0.25) is 14.6 Å². The van der Waals surface area contributed by atoms with Crippen molar-refractivity contribution in [3.05, 3.63) is 89.0 Å². The largest absolute Gasteiger partial charge is 0.494 e. The van der Waals surface area contributed by atoms with Crippen molar-refractivity contribution in [3.8, 4) is 11.5 Å². The Balaban J connectivity index is 1.33. The highest BCUT2D eigenvalue weighted by Crippen LogP contribution is 2.31. The van der Waals surface area contributed by atoms with Gasteiger partial charge >= 0.3 is 12.1 Å². The van der Waals surface area contributed by atoms with Crippen LogP contribution in [-0.2, 0) is 14.5 Å². The number of ether oxygens (including phenoxy) is 3. The van der Waals surface area contributed by atoms with Crippen LogP contribution in [0.1, 0.15) is 43.1 Å². The lowest BCUT2D eigenvalue weighted by Gasteiger charge is -2.15. The standard InChI is InChI=1S/C28H26FN3O9/c1-37-16-39-21-7-8-22(38-2)24(29)23(21)25(33)17-3-5-19(6-4-17)27(35)40-41-28(36)32-14-11-20(15-32)31-26(34)18-9-12-30-13-10-18/h3-10,12-13,20H,11,14-16H2,1-2H3,(H,31,34). The van der Waals surface area contributed by atoms with Gasteiger partial charge in [0, 0.05) is 49.8 Å². The van der Waals surface area contributed by atoms with Crippen LogP contribution in [-0.4, -0.2) is 73.8 Å². The maximum Gasteiger partial charge on any atom is 0.453 e. The van der Waals surface area contributed by atoms with Crippen LogP contribution in [0.25, 0.3) is 0 Å². The Morgan fingerprint density at radius 3 is 2.29 bits per heavy atom. The van der Waals surface area contributed by atoms with E-state index in [0.717, 1.165) is 0 Å². The molecule has 41 heavy (non-hydrogen) atoms. The number of likely N-dealkylation sites (tertiary alicyclic amines) is 1. The highest BCUT2D eigenvalue weighted by atomic mass is 19.1. The van der Waals surface area contributed by atoms with Gasteiger partial charge in [-0.15, -0.1) is 0 Å². The quantitative estimate of drug-likeness (QED) is 0.177. The van der Waals surface area contributed by atoms with Crippen LogP contribution in [0.3, 0.4) is 0 Å². The van der Waals surface area contributed by atoms with Crippen molar-refractivity contribution < 1.29 is 47.6 Å². The summed E-state index contributed by atoms with van der Waals surface area (Å²) in [6.45, 7) is 0.236. The zero-order valence-electron chi connectivity index (χ0n) is 22.1. The second-order valence-corrected chi connectivity index (χ2v) is 8.77. The van der Waals surface area contributed by atoms with Gasteiger partial charge in [0.05, 0.1) is 12.7 Å². The highest BCUT2D eigenvalue weighted by molar-refractivity contribution is 6.11. The fourth-order valence-electron chi connectivity index (χ4n) is 4.04.